The van der Waals surface area contributed by atoms with E-state index in [1.54, 1.807) is 0 Å². The van der Waals surface area contributed by atoms with Gasteiger partial charge < -0.3 is 14.0 Å². The van der Waals surface area contributed by atoms with Gasteiger partial charge in [0.1, 0.15) is 5.75 Å². The molecule has 4 nitrogen and oxygen atoms in total. The van der Waals surface area contributed by atoms with Crippen molar-refractivity contribution in [1.29, 1.82) is 0 Å². The molecule has 2 heterocycles. The van der Waals surface area contributed by atoms with E-state index in [4.69, 9.17) is 16.8 Å². The molecular formula is C12H17BFNO3. The molecule has 0 N–H and O–H groups in total. The summed E-state index contributed by atoms with van der Waals surface area (Å²) in [6.07, 6.45) is 0. The minimum Gasteiger partial charge on any atom is -0.497 e. The van der Waals surface area contributed by atoms with Gasteiger partial charge in [-0.2, -0.15) is 4.39 Å². The molecule has 1 aromatic heterocycles. The molecule has 0 bridgehead atoms. The minimum absolute atomic E-state index is 0.0194. The number of aromatic nitrogens is 1. The average Bonchev–Trinajstić information content (AvgIpc) is 2.54. The Kier molecular flexibility index (Phi) is 2.51. The molecule has 0 spiro atoms. The lowest BCUT2D eigenvalue weighted by atomic mass is 9.84. The van der Waals surface area contributed by atoms with E-state index in [0.29, 0.717) is 0 Å². The van der Waals surface area contributed by atoms with Crippen LogP contribution in [0.4, 0.5) is 4.39 Å². The van der Waals surface area contributed by atoms with Gasteiger partial charge in [0, 0.05) is 6.04 Å². The monoisotopic (exact) mass is 255 g/mol. The molecular weight excluding hydrogens is 236 g/mol. The summed E-state index contributed by atoms with van der Waals surface area (Å²) in [6, 6.07) is -0.741. The third-order valence-corrected chi connectivity index (χ3v) is 3.36. The topological polar surface area (TPSA) is 40.6 Å². The van der Waals surface area contributed by atoms with Crippen LogP contribution in [0.25, 0.3) is 0 Å². The first-order chi connectivity index (χ1) is 9.10. The van der Waals surface area contributed by atoms with E-state index in [0.717, 1.165) is 0 Å². The molecule has 0 amide bonds. The van der Waals surface area contributed by atoms with Gasteiger partial charge in [-0.25, -0.2) is 4.98 Å². The Morgan fingerprint density at radius 3 is 2.33 bits per heavy atom. The SMILES string of the molecule is [2H]c1c(F)nc(B2OC(C)(C)C(C)(C)O2)c([2H])c1OC. The van der Waals surface area contributed by atoms with Crippen molar-refractivity contribution in [2.75, 3.05) is 7.11 Å². The number of pyridine rings is 1. The van der Waals surface area contributed by atoms with Crippen molar-refractivity contribution in [3.8, 4) is 5.75 Å². The van der Waals surface area contributed by atoms with Crippen molar-refractivity contribution >= 4 is 12.7 Å². The minimum atomic E-state index is -1.01. The van der Waals surface area contributed by atoms with E-state index in [-0.39, 0.29) is 17.4 Å². The van der Waals surface area contributed by atoms with Gasteiger partial charge >= 0.3 is 7.12 Å². The van der Waals surface area contributed by atoms with Crippen molar-refractivity contribution in [2.24, 2.45) is 0 Å². The molecule has 1 aromatic rings. The van der Waals surface area contributed by atoms with Gasteiger partial charge in [-0.1, -0.05) is 0 Å². The molecule has 0 radical (unpaired) electrons. The Morgan fingerprint density at radius 1 is 1.28 bits per heavy atom. The Morgan fingerprint density at radius 2 is 1.83 bits per heavy atom. The second-order valence-corrected chi connectivity index (χ2v) is 5.16. The second-order valence-electron chi connectivity index (χ2n) is 5.16. The third kappa shape index (κ3) is 2.22. The van der Waals surface area contributed by atoms with Crippen LogP contribution in [0.15, 0.2) is 12.1 Å². The van der Waals surface area contributed by atoms with Crippen molar-refractivity contribution in [2.45, 2.75) is 38.9 Å². The van der Waals surface area contributed by atoms with Gasteiger partial charge in [-0.05, 0) is 33.7 Å². The molecule has 1 aliphatic rings. The first kappa shape index (κ1) is 10.8. The van der Waals surface area contributed by atoms with E-state index in [1.165, 1.54) is 7.11 Å². The lowest BCUT2D eigenvalue weighted by molar-refractivity contribution is 0.00578. The van der Waals surface area contributed by atoms with Crippen LogP contribution in [0.3, 0.4) is 0 Å². The zero-order valence-electron chi connectivity index (χ0n) is 13.1. The molecule has 1 fully saturated rings. The van der Waals surface area contributed by atoms with Gasteiger partial charge in [0.05, 0.1) is 26.6 Å². The molecule has 0 unspecified atom stereocenters. The zero-order chi connectivity index (χ0) is 15.3. The third-order valence-electron chi connectivity index (χ3n) is 3.36. The van der Waals surface area contributed by atoms with Crippen LogP contribution in [0.1, 0.15) is 30.4 Å². The summed E-state index contributed by atoms with van der Waals surface area (Å²) in [5.74, 6) is -1.19. The van der Waals surface area contributed by atoms with Crippen LogP contribution < -0.4 is 10.3 Å². The van der Waals surface area contributed by atoms with E-state index in [1.807, 2.05) is 27.7 Å². The van der Waals surface area contributed by atoms with Crippen LogP contribution in [0.2, 0.25) is 0 Å². The van der Waals surface area contributed by atoms with Crippen LogP contribution in [0, 0.1) is 5.95 Å². The zero-order valence-corrected chi connectivity index (χ0v) is 11.1. The smallest absolute Gasteiger partial charge is 0.497 e. The molecule has 1 saturated heterocycles. The fourth-order valence-corrected chi connectivity index (χ4v) is 1.57. The van der Waals surface area contributed by atoms with Crippen molar-refractivity contribution in [3.05, 3.63) is 18.0 Å². The van der Waals surface area contributed by atoms with Crippen LogP contribution in [-0.2, 0) is 9.31 Å². The predicted octanol–water partition coefficient (Wildman–Crippen LogP) is 1.53. The number of hydrogen-bond acceptors (Lipinski definition) is 4. The van der Waals surface area contributed by atoms with Gasteiger partial charge in [0.2, 0.25) is 5.95 Å². The highest BCUT2D eigenvalue weighted by Gasteiger charge is 2.52. The van der Waals surface area contributed by atoms with E-state index < -0.39 is 30.3 Å². The summed E-state index contributed by atoms with van der Waals surface area (Å²) >= 11 is 0. The maximum absolute atomic E-state index is 13.7. The summed E-state index contributed by atoms with van der Waals surface area (Å²) in [5, 5.41) is 0. The molecule has 98 valence electrons. The highest BCUT2D eigenvalue weighted by molar-refractivity contribution is 6.61. The summed E-state index contributed by atoms with van der Waals surface area (Å²) in [7, 11) is 0.315. The highest BCUT2D eigenvalue weighted by Crippen LogP contribution is 2.36. The normalized spacial score (nSPS) is 22.7. The Hall–Kier alpha value is -1.14. The summed E-state index contributed by atoms with van der Waals surface area (Å²) < 4.78 is 45.5. The lowest BCUT2D eigenvalue weighted by Crippen LogP contribution is -2.41. The predicted molar refractivity (Wildman–Crippen MR) is 66.5 cm³/mol. The van der Waals surface area contributed by atoms with Crippen molar-refractivity contribution < 1.29 is 21.2 Å². The molecule has 0 aliphatic carbocycles. The molecule has 2 rings (SSSR count). The summed E-state index contributed by atoms with van der Waals surface area (Å²) in [5.41, 5.74) is -1.25. The van der Waals surface area contributed by atoms with Crippen molar-refractivity contribution in [3.63, 3.8) is 0 Å². The highest BCUT2D eigenvalue weighted by atomic mass is 19.1. The molecule has 6 heteroatoms. The quantitative estimate of drug-likeness (QED) is 0.593. The Labute approximate surface area is 109 Å². The van der Waals surface area contributed by atoms with Crippen LogP contribution in [0.5, 0.6) is 5.75 Å². The Balaban J connectivity index is 2.48. The largest absolute Gasteiger partial charge is 0.514 e. The summed E-state index contributed by atoms with van der Waals surface area (Å²) in [4.78, 5) is 3.62. The number of nitrogens with zero attached hydrogens (tertiary/aromatic N) is 1. The number of rotatable bonds is 2. The van der Waals surface area contributed by atoms with Crippen molar-refractivity contribution in [1.82, 2.24) is 4.98 Å². The first-order valence-corrected chi connectivity index (χ1v) is 5.67. The molecule has 1 aliphatic heterocycles. The molecule has 18 heavy (non-hydrogen) atoms. The molecule has 0 atom stereocenters. The van der Waals surface area contributed by atoms with Gasteiger partial charge in [0.15, 0.2) is 0 Å². The van der Waals surface area contributed by atoms with E-state index >= 15 is 0 Å². The second kappa shape index (κ2) is 4.21. The Bertz CT molecular complexity index is 538. The average molecular weight is 255 g/mol. The number of ether oxygens (including phenoxy) is 1. The van der Waals surface area contributed by atoms with E-state index in [9.17, 15) is 4.39 Å². The molecule has 0 aromatic carbocycles. The number of halogens is 1. The number of hydrogen-bond donors (Lipinski definition) is 0. The first-order valence-electron chi connectivity index (χ1n) is 6.67. The number of methoxy groups -OCH3 is 1. The standard InChI is InChI=1S/C12H17BFNO3/c1-11(2)12(3,4)18-13(17-11)9-6-8(16-5)7-10(14)15-9/h6-7H,1-5H3/i6D,7D. The maximum Gasteiger partial charge on any atom is 0.514 e. The van der Waals surface area contributed by atoms with Gasteiger partial charge in [-0.15, -0.1) is 0 Å². The van der Waals surface area contributed by atoms with Crippen LogP contribution in [-0.4, -0.2) is 30.4 Å². The lowest BCUT2D eigenvalue weighted by Gasteiger charge is -2.32. The van der Waals surface area contributed by atoms with Crippen LogP contribution >= 0.6 is 0 Å². The van der Waals surface area contributed by atoms with Gasteiger partial charge in [0.25, 0.3) is 0 Å². The van der Waals surface area contributed by atoms with E-state index in [2.05, 4.69) is 4.98 Å². The maximum atomic E-state index is 13.7. The fraction of sp³-hybridized carbons (Fsp3) is 0.583. The van der Waals surface area contributed by atoms with Gasteiger partial charge in [-0.3, -0.25) is 0 Å². The fourth-order valence-electron chi connectivity index (χ4n) is 1.57. The summed E-state index contributed by atoms with van der Waals surface area (Å²) in [6.45, 7) is 7.40. The molecule has 0 saturated carbocycles.